The lowest BCUT2D eigenvalue weighted by atomic mass is 10.0. The van der Waals surface area contributed by atoms with Gasteiger partial charge in [0.05, 0.1) is 24.1 Å². The quantitative estimate of drug-likeness (QED) is 0.616. The van der Waals surface area contributed by atoms with Crippen molar-refractivity contribution in [2.75, 3.05) is 7.11 Å². The highest BCUT2D eigenvalue weighted by atomic mass is 16.5. The number of carboxylic acids is 1. The number of carboxylic acid groups (broad SMARTS) is 1. The van der Waals surface area contributed by atoms with Crippen molar-refractivity contribution < 1.29 is 19.4 Å². The Hall–Kier alpha value is -3.34. The van der Waals surface area contributed by atoms with Crippen LogP contribution in [-0.4, -0.2) is 23.2 Å². The number of aromatic nitrogens is 1. The van der Waals surface area contributed by atoms with Crippen LogP contribution in [0, 0.1) is 0 Å². The Bertz CT molecular complexity index is 968. The number of aromatic carboxylic acids is 1. The van der Waals surface area contributed by atoms with E-state index in [9.17, 15) is 9.90 Å². The van der Waals surface area contributed by atoms with Crippen molar-refractivity contribution in [3.63, 3.8) is 0 Å². The molecule has 0 aliphatic heterocycles. The van der Waals surface area contributed by atoms with Gasteiger partial charge in [0.25, 0.3) is 0 Å². The Morgan fingerprint density at radius 1 is 1.07 bits per heavy atom. The van der Waals surface area contributed by atoms with Gasteiger partial charge in [-0.05, 0) is 35.7 Å². The molecule has 0 unspecified atom stereocenters. The first-order valence-electron chi connectivity index (χ1n) is 9.09. The van der Waals surface area contributed by atoms with Crippen LogP contribution in [-0.2, 0) is 6.61 Å². The Kier molecular flexibility index (Phi) is 5.94. The van der Waals surface area contributed by atoms with E-state index in [1.54, 1.807) is 19.2 Å². The fourth-order valence-corrected chi connectivity index (χ4v) is 2.94. The highest BCUT2D eigenvalue weighted by molar-refractivity contribution is 5.89. The van der Waals surface area contributed by atoms with Gasteiger partial charge in [0, 0.05) is 11.6 Å². The molecule has 0 saturated heterocycles. The van der Waals surface area contributed by atoms with Gasteiger partial charge in [0.1, 0.15) is 18.1 Å². The van der Waals surface area contributed by atoms with Gasteiger partial charge in [0.2, 0.25) is 0 Å². The van der Waals surface area contributed by atoms with Gasteiger partial charge >= 0.3 is 5.97 Å². The topological polar surface area (TPSA) is 68.7 Å². The molecule has 28 heavy (non-hydrogen) atoms. The average molecular weight is 377 g/mol. The zero-order valence-electron chi connectivity index (χ0n) is 16.2. The molecule has 3 rings (SSSR count). The van der Waals surface area contributed by atoms with E-state index in [2.05, 4.69) is 4.98 Å². The van der Waals surface area contributed by atoms with Gasteiger partial charge in [-0.3, -0.25) is 4.98 Å². The van der Waals surface area contributed by atoms with Crippen LogP contribution in [0.1, 0.15) is 41.4 Å². The van der Waals surface area contributed by atoms with E-state index in [0.717, 1.165) is 11.1 Å². The Morgan fingerprint density at radius 2 is 1.82 bits per heavy atom. The van der Waals surface area contributed by atoms with Crippen LogP contribution < -0.4 is 9.47 Å². The molecule has 0 atom stereocenters. The highest BCUT2D eigenvalue weighted by Crippen LogP contribution is 2.34. The van der Waals surface area contributed by atoms with Crippen molar-refractivity contribution in [2.24, 2.45) is 0 Å². The number of ether oxygens (including phenoxy) is 2. The summed E-state index contributed by atoms with van der Waals surface area (Å²) in [5, 5.41) is 9.43. The minimum absolute atomic E-state index is 0.0158. The van der Waals surface area contributed by atoms with E-state index in [-0.39, 0.29) is 11.5 Å². The lowest BCUT2D eigenvalue weighted by Gasteiger charge is -2.15. The van der Waals surface area contributed by atoms with Crippen LogP contribution in [0.4, 0.5) is 0 Å². The van der Waals surface area contributed by atoms with Crippen LogP contribution in [0.3, 0.4) is 0 Å². The Morgan fingerprint density at radius 3 is 2.46 bits per heavy atom. The molecule has 0 spiro atoms. The fourth-order valence-electron chi connectivity index (χ4n) is 2.94. The molecule has 3 aromatic rings. The summed E-state index contributed by atoms with van der Waals surface area (Å²) in [6, 6.07) is 18.7. The number of pyridine rings is 1. The van der Waals surface area contributed by atoms with Gasteiger partial charge < -0.3 is 14.6 Å². The van der Waals surface area contributed by atoms with Gasteiger partial charge in [-0.25, -0.2) is 4.79 Å². The minimum Gasteiger partial charge on any atom is -0.497 e. The lowest BCUT2D eigenvalue weighted by molar-refractivity contribution is 0.0694. The largest absolute Gasteiger partial charge is 0.497 e. The number of nitrogens with zero attached hydrogens (tertiary/aromatic N) is 1. The van der Waals surface area contributed by atoms with Gasteiger partial charge in [-0.15, -0.1) is 0 Å². The Labute approximate surface area is 164 Å². The molecular formula is C23H23NO4. The minimum atomic E-state index is -0.974. The predicted molar refractivity (Wildman–Crippen MR) is 108 cm³/mol. The molecule has 0 fully saturated rings. The summed E-state index contributed by atoms with van der Waals surface area (Å²) in [4.78, 5) is 16.1. The van der Waals surface area contributed by atoms with E-state index in [0.29, 0.717) is 29.5 Å². The molecule has 1 heterocycles. The molecule has 0 aliphatic rings. The first-order valence-corrected chi connectivity index (χ1v) is 9.09. The van der Waals surface area contributed by atoms with Gasteiger partial charge in [0.15, 0.2) is 0 Å². The second-order valence-corrected chi connectivity index (χ2v) is 6.73. The standard InChI is InChI=1S/C23H23NO4/c1-15(2)22-19(23(25)26)11-12-20(24-22)18-10-9-17(27-3)13-21(18)28-14-16-7-5-4-6-8-16/h4-13,15H,14H2,1-3H3,(H,25,26). The predicted octanol–water partition coefficient (Wildman–Crippen LogP) is 5.16. The van der Waals surface area contributed by atoms with Crippen molar-refractivity contribution in [2.45, 2.75) is 26.4 Å². The normalized spacial score (nSPS) is 10.7. The van der Waals surface area contributed by atoms with Crippen molar-refractivity contribution >= 4 is 5.97 Å². The van der Waals surface area contributed by atoms with E-state index < -0.39 is 5.97 Å². The molecule has 144 valence electrons. The molecular weight excluding hydrogens is 354 g/mol. The van der Waals surface area contributed by atoms with E-state index in [1.807, 2.05) is 62.4 Å². The number of hydrogen-bond acceptors (Lipinski definition) is 4. The number of carbonyl (C=O) groups is 1. The first kappa shape index (κ1) is 19.4. The van der Waals surface area contributed by atoms with Crippen LogP contribution >= 0.6 is 0 Å². The van der Waals surface area contributed by atoms with E-state index in [4.69, 9.17) is 9.47 Å². The summed E-state index contributed by atoms with van der Waals surface area (Å²) in [5.41, 5.74) is 3.28. The summed E-state index contributed by atoms with van der Waals surface area (Å²) in [5.74, 6) is 0.322. The zero-order valence-corrected chi connectivity index (χ0v) is 16.2. The van der Waals surface area contributed by atoms with Crippen LogP contribution in [0.15, 0.2) is 60.7 Å². The van der Waals surface area contributed by atoms with Crippen molar-refractivity contribution in [1.82, 2.24) is 4.98 Å². The molecule has 0 bridgehead atoms. The second kappa shape index (κ2) is 8.57. The maximum atomic E-state index is 11.5. The number of hydrogen-bond donors (Lipinski definition) is 1. The summed E-state index contributed by atoms with van der Waals surface area (Å²) in [6.45, 7) is 4.27. The number of benzene rings is 2. The van der Waals surface area contributed by atoms with Crippen LogP contribution in [0.2, 0.25) is 0 Å². The molecule has 0 aliphatic carbocycles. The summed E-state index contributed by atoms with van der Waals surface area (Å²) >= 11 is 0. The zero-order chi connectivity index (χ0) is 20.1. The molecule has 1 N–H and O–H groups in total. The third-order valence-corrected chi connectivity index (χ3v) is 4.40. The van der Waals surface area contributed by atoms with Crippen LogP contribution in [0.25, 0.3) is 11.3 Å². The Balaban J connectivity index is 2.01. The van der Waals surface area contributed by atoms with E-state index in [1.165, 1.54) is 0 Å². The van der Waals surface area contributed by atoms with Crippen molar-refractivity contribution in [3.8, 4) is 22.8 Å². The maximum absolute atomic E-state index is 11.5. The van der Waals surface area contributed by atoms with E-state index >= 15 is 0 Å². The number of rotatable bonds is 7. The summed E-state index contributed by atoms with van der Waals surface area (Å²) in [7, 11) is 1.60. The third kappa shape index (κ3) is 4.31. The van der Waals surface area contributed by atoms with Crippen LogP contribution in [0.5, 0.6) is 11.5 Å². The molecule has 5 heteroatoms. The molecule has 5 nitrogen and oxygen atoms in total. The maximum Gasteiger partial charge on any atom is 0.337 e. The molecule has 0 saturated carbocycles. The fraction of sp³-hybridized carbons (Fsp3) is 0.217. The van der Waals surface area contributed by atoms with Crippen molar-refractivity contribution in [3.05, 3.63) is 77.5 Å². The third-order valence-electron chi connectivity index (χ3n) is 4.40. The molecule has 0 amide bonds. The SMILES string of the molecule is COc1ccc(-c2ccc(C(=O)O)c(C(C)C)n2)c(OCc2ccccc2)c1. The lowest BCUT2D eigenvalue weighted by Crippen LogP contribution is -2.07. The van der Waals surface area contributed by atoms with Gasteiger partial charge in [-0.2, -0.15) is 0 Å². The first-order chi connectivity index (χ1) is 13.5. The van der Waals surface area contributed by atoms with Gasteiger partial charge in [-0.1, -0.05) is 44.2 Å². The second-order valence-electron chi connectivity index (χ2n) is 6.73. The molecule has 0 radical (unpaired) electrons. The smallest absolute Gasteiger partial charge is 0.337 e. The number of methoxy groups -OCH3 is 1. The molecule has 2 aromatic carbocycles. The monoisotopic (exact) mass is 377 g/mol. The summed E-state index contributed by atoms with van der Waals surface area (Å²) < 4.78 is 11.4. The van der Waals surface area contributed by atoms with Crippen molar-refractivity contribution in [1.29, 1.82) is 0 Å². The summed E-state index contributed by atoms with van der Waals surface area (Å²) in [6.07, 6.45) is 0. The average Bonchev–Trinajstić information content (AvgIpc) is 2.72. The molecule has 1 aromatic heterocycles. The highest BCUT2D eigenvalue weighted by Gasteiger charge is 2.18.